The van der Waals surface area contributed by atoms with Crippen LogP contribution in [-0.2, 0) is 0 Å². The summed E-state index contributed by atoms with van der Waals surface area (Å²) in [5, 5.41) is 14.1. The molecule has 1 amide bonds. The molecule has 0 radical (unpaired) electrons. The molecule has 0 spiro atoms. The average Bonchev–Trinajstić information content (AvgIpc) is 3.00. The van der Waals surface area contributed by atoms with Gasteiger partial charge in [0.25, 0.3) is 11.6 Å². The van der Waals surface area contributed by atoms with Crippen molar-refractivity contribution < 1.29 is 14.5 Å². The lowest BCUT2D eigenvalue weighted by Gasteiger charge is -2.03. The number of nitrogens with one attached hydrogen (secondary N) is 1. The Balaban J connectivity index is 1.78. The monoisotopic (exact) mass is 371 g/mol. The van der Waals surface area contributed by atoms with Crippen molar-refractivity contribution in [2.45, 2.75) is 20.3 Å². The van der Waals surface area contributed by atoms with Crippen LogP contribution in [-0.4, -0.2) is 22.4 Å². The summed E-state index contributed by atoms with van der Waals surface area (Å²) in [6, 6.07) is 9.86. The van der Waals surface area contributed by atoms with Crippen LogP contribution in [0.15, 0.2) is 36.4 Å². The molecule has 0 aliphatic carbocycles. The maximum Gasteiger partial charge on any atom is 0.272 e. The van der Waals surface area contributed by atoms with E-state index in [1.54, 1.807) is 6.92 Å². The van der Waals surface area contributed by atoms with Gasteiger partial charge in [-0.15, -0.1) is 0 Å². The second-order valence-corrected chi connectivity index (χ2v) is 6.74. The van der Waals surface area contributed by atoms with Gasteiger partial charge < -0.3 is 4.74 Å². The van der Waals surface area contributed by atoms with Gasteiger partial charge in [0.2, 0.25) is 0 Å². The van der Waals surface area contributed by atoms with Gasteiger partial charge in [0, 0.05) is 17.2 Å². The molecule has 0 atom stereocenters. The van der Waals surface area contributed by atoms with Crippen LogP contribution >= 0.6 is 11.3 Å². The Bertz CT molecular complexity index is 984. The summed E-state index contributed by atoms with van der Waals surface area (Å²) in [4.78, 5) is 27.2. The molecular formula is C18H17N3O4S. The summed E-state index contributed by atoms with van der Waals surface area (Å²) in [5.41, 5.74) is 1.54. The third-order valence-corrected chi connectivity index (χ3v) is 4.64. The van der Waals surface area contributed by atoms with E-state index in [0.717, 1.165) is 22.4 Å². The molecule has 8 heteroatoms. The summed E-state index contributed by atoms with van der Waals surface area (Å²) < 4.78 is 6.51. The number of thiazole rings is 1. The van der Waals surface area contributed by atoms with Crippen molar-refractivity contribution in [2.24, 2.45) is 0 Å². The molecule has 0 saturated carbocycles. The van der Waals surface area contributed by atoms with Crippen molar-refractivity contribution in [1.29, 1.82) is 0 Å². The van der Waals surface area contributed by atoms with Gasteiger partial charge in [0.05, 0.1) is 21.7 Å². The molecule has 0 saturated heterocycles. The number of carbonyl (C=O) groups is 1. The van der Waals surface area contributed by atoms with Gasteiger partial charge in [-0.1, -0.05) is 18.3 Å². The quantitative estimate of drug-likeness (QED) is 0.506. The van der Waals surface area contributed by atoms with Crippen LogP contribution in [0.3, 0.4) is 0 Å². The number of nitro groups is 1. The highest BCUT2D eigenvalue weighted by Gasteiger charge is 2.15. The molecule has 0 aliphatic rings. The number of rotatable bonds is 6. The van der Waals surface area contributed by atoms with Crippen molar-refractivity contribution >= 4 is 38.3 Å². The minimum Gasteiger partial charge on any atom is -0.494 e. The number of nitro benzene ring substituents is 1. The maximum atomic E-state index is 12.4. The number of fused-ring (bicyclic) bond motifs is 1. The molecule has 0 fully saturated rings. The largest absolute Gasteiger partial charge is 0.494 e. The van der Waals surface area contributed by atoms with E-state index in [-0.39, 0.29) is 11.6 Å². The maximum absolute atomic E-state index is 12.4. The fraction of sp³-hybridized carbons (Fsp3) is 0.222. The predicted octanol–water partition coefficient (Wildman–Crippen LogP) is 4.55. The molecule has 0 bridgehead atoms. The standard InChI is InChI=1S/C18H17N3O4S/c1-3-8-25-13-5-6-14-16(10-13)26-18(19-14)20-17(22)12-4-7-15(21(23)24)11(2)9-12/h4-7,9-10H,3,8H2,1-2H3,(H,19,20,22). The molecule has 0 unspecified atom stereocenters. The van der Waals surface area contributed by atoms with Crippen LogP contribution in [0.5, 0.6) is 5.75 Å². The van der Waals surface area contributed by atoms with E-state index in [9.17, 15) is 14.9 Å². The Morgan fingerprint density at radius 3 is 2.81 bits per heavy atom. The van der Waals surface area contributed by atoms with Crippen LogP contribution in [0.2, 0.25) is 0 Å². The molecule has 0 aliphatic heterocycles. The summed E-state index contributed by atoms with van der Waals surface area (Å²) in [5.74, 6) is 0.413. The van der Waals surface area contributed by atoms with Gasteiger partial charge >= 0.3 is 0 Å². The Labute approximate surface area is 153 Å². The minimum atomic E-state index is -0.469. The Morgan fingerprint density at radius 2 is 2.12 bits per heavy atom. The highest BCUT2D eigenvalue weighted by molar-refractivity contribution is 7.22. The number of carbonyl (C=O) groups excluding carboxylic acids is 1. The van der Waals surface area contributed by atoms with E-state index in [2.05, 4.69) is 10.3 Å². The number of amides is 1. The first-order valence-corrected chi connectivity index (χ1v) is 8.89. The Hall–Kier alpha value is -3.00. The number of benzene rings is 2. The number of ether oxygens (including phenoxy) is 1. The van der Waals surface area contributed by atoms with Gasteiger partial charge in [-0.05, 0) is 43.7 Å². The number of aromatic nitrogens is 1. The van der Waals surface area contributed by atoms with Crippen molar-refractivity contribution in [3.63, 3.8) is 0 Å². The van der Waals surface area contributed by atoms with Gasteiger partial charge in [-0.2, -0.15) is 0 Å². The first-order valence-electron chi connectivity index (χ1n) is 8.07. The number of aryl methyl sites for hydroxylation is 1. The molecular weight excluding hydrogens is 354 g/mol. The first kappa shape index (κ1) is 17.8. The molecule has 134 valence electrons. The number of anilines is 1. The van der Waals surface area contributed by atoms with Crippen LogP contribution in [0.1, 0.15) is 29.3 Å². The van der Waals surface area contributed by atoms with Crippen molar-refractivity contribution in [2.75, 3.05) is 11.9 Å². The van der Waals surface area contributed by atoms with Crippen molar-refractivity contribution in [3.05, 3.63) is 57.6 Å². The lowest BCUT2D eigenvalue weighted by atomic mass is 10.1. The highest BCUT2D eigenvalue weighted by Crippen LogP contribution is 2.30. The summed E-state index contributed by atoms with van der Waals surface area (Å²) in [6.45, 7) is 4.29. The molecule has 1 aromatic heterocycles. The molecule has 1 heterocycles. The second-order valence-electron chi connectivity index (χ2n) is 5.71. The van der Waals surface area contributed by atoms with Crippen molar-refractivity contribution in [1.82, 2.24) is 4.98 Å². The van der Waals surface area contributed by atoms with E-state index in [4.69, 9.17) is 4.74 Å². The topological polar surface area (TPSA) is 94.4 Å². The lowest BCUT2D eigenvalue weighted by Crippen LogP contribution is -2.12. The van der Waals surface area contributed by atoms with Gasteiger partial charge in [0.15, 0.2) is 5.13 Å². The Kier molecular flexibility index (Phi) is 5.13. The average molecular weight is 371 g/mol. The van der Waals surface area contributed by atoms with E-state index in [1.807, 2.05) is 25.1 Å². The third-order valence-electron chi connectivity index (χ3n) is 3.71. The summed E-state index contributed by atoms with van der Waals surface area (Å²) in [7, 11) is 0. The second kappa shape index (κ2) is 7.49. The van der Waals surface area contributed by atoms with E-state index < -0.39 is 4.92 Å². The summed E-state index contributed by atoms with van der Waals surface area (Å²) in [6.07, 6.45) is 0.927. The molecule has 1 N–H and O–H groups in total. The van der Waals surface area contributed by atoms with Gasteiger partial charge in [-0.25, -0.2) is 4.98 Å². The number of hydrogen-bond donors (Lipinski definition) is 1. The molecule has 26 heavy (non-hydrogen) atoms. The van der Waals surface area contributed by atoms with E-state index in [1.165, 1.54) is 29.5 Å². The van der Waals surface area contributed by atoms with Crippen LogP contribution in [0.4, 0.5) is 10.8 Å². The number of hydrogen-bond acceptors (Lipinski definition) is 6. The van der Waals surface area contributed by atoms with Crippen LogP contribution < -0.4 is 10.1 Å². The number of nitrogens with zero attached hydrogens (tertiary/aromatic N) is 2. The van der Waals surface area contributed by atoms with Crippen LogP contribution in [0.25, 0.3) is 10.2 Å². The SMILES string of the molecule is CCCOc1ccc2nc(NC(=O)c3ccc([N+](=O)[O-])c(C)c3)sc2c1. The lowest BCUT2D eigenvalue weighted by molar-refractivity contribution is -0.385. The zero-order valence-corrected chi connectivity index (χ0v) is 15.1. The normalized spacial score (nSPS) is 10.7. The van der Waals surface area contributed by atoms with Crippen LogP contribution in [0, 0.1) is 17.0 Å². The molecule has 2 aromatic carbocycles. The zero-order valence-electron chi connectivity index (χ0n) is 14.3. The molecule has 3 rings (SSSR count). The predicted molar refractivity (Wildman–Crippen MR) is 101 cm³/mol. The van der Waals surface area contributed by atoms with Gasteiger partial charge in [-0.3, -0.25) is 20.2 Å². The fourth-order valence-electron chi connectivity index (χ4n) is 2.44. The molecule has 7 nitrogen and oxygen atoms in total. The molecule has 3 aromatic rings. The first-order chi connectivity index (χ1) is 12.5. The third kappa shape index (κ3) is 3.80. The smallest absolute Gasteiger partial charge is 0.272 e. The van der Waals surface area contributed by atoms with E-state index >= 15 is 0 Å². The zero-order chi connectivity index (χ0) is 18.7. The van der Waals surface area contributed by atoms with Gasteiger partial charge in [0.1, 0.15) is 5.75 Å². The summed E-state index contributed by atoms with van der Waals surface area (Å²) >= 11 is 1.35. The Morgan fingerprint density at radius 1 is 1.31 bits per heavy atom. The minimum absolute atomic E-state index is 0.0128. The highest BCUT2D eigenvalue weighted by atomic mass is 32.1. The van der Waals surface area contributed by atoms with E-state index in [0.29, 0.717) is 22.9 Å². The van der Waals surface area contributed by atoms with Crippen molar-refractivity contribution in [3.8, 4) is 5.75 Å². The fourth-order valence-corrected chi connectivity index (χ4v) is 3.33.